The molecule has 1 aromatic carbocycles. The lowest BCUT2D eigenvalue weighted by atomic mass is 10.1. The van der Waals surface area contributed by atoms with Gasteiger partial charge in [0.05, 0.1) is 5.56 Å². The first-order valence-corrected chi connectivity index (χ1v) is 4.79. The molecule has 0 saturated heterocycles. The Hall–Kier alpha value is -1.72. The lowest BCUT2D eigenvalue weighted by Crippen LogP contribution is -2.43. The molecule has 0 radical (unpaired) electrons. The van der Waals surface area contributed by atoms with Gasteiger partial charge in [0.15, 0.2) is 5.60 Å². The number of hydrogen-bond acceptors (Lipinski definition) is 2. The molecule has 0 heterocycles. The Morgan fingerprint density at radius 2 is 1.88 bits per heavy atom. The third-order valence-electron chi connectivity index (χ3n) is 2.13. The van der Waals surface area contributed by atoms with E-state index in [1.54, 1.807) is 0 Å². The number of carbonyl (C=O) groups is 1. The van der Waals surface area contributed by atoms with Crippen molar-refractivity contribution in [2.24, 2.45) is 5.73 Å². The van der Waals surface area contributed by atoms with Gasteiger partial charge in [-0.05, 0) is 32.0 Å². The predicted molar refractivity (Wildman–Crippen MR) is 55.3 cm³/mol. The SMILES string of the molecule is CC(C)(Oc1cccc(C(F)(F)F)c1)C(N)=O. The van der Waals surface area contributed by atoms with E-state index < -0.39 is 23.2 Å². The van der Waals surface area contributed by atoms with Gasteiger partial charge < -0.3 is 10.5 Å². The van der Waals surface area contributed by atoms with Crippen LogP contribution in [0.4, 0.5) is 13.2 Å². The number of amides is 1. The van der Waals surface area contributed by atoms with Crippen molar-refractivity contribution in [3.8, 4) is 5.75 Å². The highest BCUT2D eigenvalue weighted by atomic mass is 19.4. The van der Waals surface area contributed by atoms with Gasteiger partial charge in [-0.2, -0.15) is 13.2 Å². The zero-order valence-corrected chi connectivity index (χ0v) is 9.34. The van der Waals surface area contributed by atoms with Crippen molar-refractivity contribution in [3.63, 3.8) is 0 Å². The lowest BCUT2D eigenvalue weighted by Gasteiger charge is -2.23. The van der Waals surface area contributed by atoms with Crippen molar-refractivity contribution < 1.29 is 22.7 Å². The van der Waals surface area contributed by atoms with E-state index in [0.29, 0.717) is 0 Å². The van der Waals surface area contributed by atoms with Crippen molar-refractivity contribution in [1.82, 2.24) is 0 Å². The minimum Gasteiger partial charge on any atom is -0.478 e. The molecule has 17 heavy (non-hydrogen) atoms. The standard InChI is InChI=1S/C11H12F3NO2/c1-10(2,9(15)16)17-8-5-3-4-7(6-8)11(12,13)14/h3-6H,1-2H3,(H2,15,16). The highest BCUT2D eigenvalue weighted by Gasteiger charge is 2.32. The molecule has 94 valence electrons. The van der Waals surface area contributed by atoms with Crippen molar-refractivity contribution in [1.29, 1.82) is 0 Å². The Kier molecular flexibility index (Phi) is 3.35. The van der Waals surface area contributed by atoms with E-state index in [9.17, 15) is 18.0 Å². The summed E-state index contributed by atoms with van der Waals surface area (Å²) >= 11 is 0. The molecule has 6 heteroatoms. The van der Waals surface area contributed by atoms with E-state index in [2.05, 4.69) is 0 Å². The van der Waals surface area contributed by atoms with Gasteiger partial charge in [-0.25, -0.2) is 0 Å². The summed E-state index contributed by atoms with van der Waals surface area (Å²) in [6.45, 7) is 2.77. The zero-order valence-electron chi connectivity index (χ0n) is 9.34. The van der Waals surface area contributed by atoms with Gasteiger partial charge in [0.2, 0.25) is 0 Å². The maximum Gasteiger partial charge on any atom is 0.416 e. The van der Waals surface area contributed by atoms with Gasteiger partial charge in [0.25, 0.3) is 5.91 Å². The highest BCUT2D eigenvalue weighted by molar-refractivity contribution is 5.82. The van der Waals surface area contributed by atoms with Crippen LogP contribution in [-0.2, 0) is 11.0 Å². The van der Waals surface area contributed by atoms with Crippen LogP contribution in [0.3, 0.4) is 0 Å². The normalized spacial score (nSPS) is 12.3. The molecule has 0 saturated carbocycles. The largest absolute Gasteiger partial charge is 0.478 e. The molecule has 0 aliphatic carbocycles. The molecule has 1 aromatic rings. The average Bonchev–Trinajstić information content (AvgIpc) is 2.15. The summed E-state index contributed by atoms with van der Waals surface area (Å²) in [5, 5.41) is 0. The van der Waals surface area contributed by atoms with Gasteiger partial charge in [-0.15, -0.1) is 0 Å². The van der Waals surface area contributed by atoms with E-state index >= 15 is 0 Å². The Morgan fingerprint density at radius 3 is 2.35 bits per heavy atom. The molecule has 0 aliphatic rings. The van der Waals surface area contributed by atoms with Gasteiger partial charge in [0.1, 0.15) is 5.75 Å². The van der Waals surface area contributed by atoms with Gasteiger partial charge in [-0.1, -0.05) is 6.07 Å². The van der Waals surface area contributed by atoms with E-state index in [4.69, 9.17) is 10.5 Å². The summed E-state index contributed by atoms with van der Waals surface area (Å²) in [5.41, 5.74) is 2.86. The van der Waals surface area contributed by atoms with E-state index in [0.717, 1.165) is 12.1 Å². The minimum absolute atomic E-state index is 0.0522. The Balaban J connectivity index is 2.98. The summed E-state index contributed by atoms with van der Waals surface area (Å²) in [7, 11) is 0. The first-order valence-electron chi connectivity index (χ1n) is 4.79. The fourth-order valence-electron chi connectivity index (χ4n) is 1.08. The van der Waals surface area contributed by atoms with E-state index in [1.807, 2.05) is 0 Å². The second kappa shape index (κ2) is 4.27. The molecule has 0 unspecified atom stereocenters. The van der Waals surface area contributed by atoms with E-state index in [-0.39, 0.29) is 5.75 Å². The molecule has 1 rings (SSSR count). The second-order valence-corrected chi connectivity index (χ2v) is 4.00. The number of carbonyl (C=O) groups excluding carboxylic acids is 1. The molecule has 0 fully saturated rings. The number of primary amides is 1. The third kappa shape index (κ3) is 3.37. The maximum absolute atomic E-state index is 12.4. The molecule has 3 nitrogen and oxygen atoms in total. The Labute approximate surface area is 96.4 Å². The average molecular weight is 247 g/mol. The smallest absolute Gasteiger partial charge is 0.416 e. The molecule has 0 aliphatic heterocycles. The topological polar surface area (TPSA) is 52.3 Å². The number of benzene rings is 1. The number of hydrogen-bond donors (Lipinski definition) is 1. The number of rotatable bonds is 3. The molecule has 2 N–H and O–H groups in total. The first-order chi connectivity index (χ1) is 7.63. The lowest BCUT2D eigenvalue weighted by molar-refractivity contribution is -0.137. The molecule has 1 amide bonds. The van der Waals surface area contributed by atoms with Crippen LogP contribution < -0.4 is 10.5 Å². The minimum atomic E-state index is -4.45. The first kappa shape index (κ1) is 13.3. The number of nitrogens with two attached hydrogens (primary N) is 1. The molecule has 0 aromatic heterocycles. The van der Waals surface area contributed by atoms with Crippen LogP contribution in [0.1, 0.15) is 19.4 Å². The highest BCUT2D eigenvalue weighted by Crippen LogP contribution is 2.32. The predicted octanol–water partition coefficient (Wildman–Crippen LogP) is 2.35. The second-order valence-electron chi connectivity index (χ2n) is 4.00. The Morgan fingerprint density at radius 1 is 1.29 bits per heavy atom. The zero-order chi connectivity index (χ0) is 13.3. The van der Waals surface area contributed by atoms with Crippen molar-refractivity contribution in [3.05, 3.63) is 29.8 Å². The summed E-state index contributed by atoms with van der Waals surface area (Å²) in [6, 6.07) is 4.28. The van der Waals surface area contributed by atoms with Gasteiger partial charge >= 0.3 is 6.18 Å². The van der Waals surface area contributed by atoms with Crippen molar-refractivity contribution >= 4 is 5.91 Å². The van der Waals surface area contributed by atoms with Crippen LogP contribution in [-0.4, -0.2) is 11.5 Å². The summed E-state index contributed by atoms with van der Waals surface area (Å²) in [6.07, 6.45) is -4.45. The fourth-order valence-corrected chi connectivity index (χ4v) is 1.08. The maximum atomic E-state index is 12.4. The van der Waals surface area contributed by atoms with Crippen molar-refractivity contribution in [2.75, 3.05) is 0 Å². The molecular formula is C11H12F3NO2. The van der Waals surface area contributed by atoms with Crippen LogP contribution >= 0.6 is 0 Å². The van der Waals surface area contributed by atoms with Crippen LogP contribution in [0.15, 0.2) is 24.3 Å². The molecule has 0 spiro atoms. The number of halogens is 3. The summed E-state index contributed by atoms with van der Waals surface area (Å²) < 4.78 is 42.4. The monoisotopic (exact) mass is 247 g/mol. The van der Waals surface area contributed by atoms with Crippen molar-refractivity contribution in [2.45, 2.75) is 25.6 Å². The fraction of sp³-hybridized carbons (Fsp3) is 0.364. The van der Waals surface area contributed by atoms with Crippen LogP contribution in [0.25, 0.3) is 0 Å². The van der Waals surface area contributed by atoms with Gasteiger partial charge in [-0.3, -0.25) is 4.79 Å². The van der Waals surface area contributed by atoms with Crippen LogP contribution in [0, 0.1) is 0 Å². The molecular weight excluding hydrogens is 235 g/mol. The summed E-state index contributed by atoms with van der Waals surface area (Å²) in [4.78, 5) is 11.0. The van der Waals surface area contributed by atoms with Crippen LogP contribution in [0.5, 0.6) is 5.75 Å². The third-order valence-corrected chi connectivity index (χ3v) is 2.13. The van der Waals surface area contributed by atoms with E-state index in [1.165, 1.54) is 26.0 Å². The molecule has 0 bridgehead atoms. The van der Waals surface area contributed by atoms with Crippen LogP contribution in [0.2, 0.25) is 0 Å². The van der Waals surface area contributed by atoms with Gasteiger partial charge in [0, 0.05) is 0 Å². The Bertz CT molecular complexity index is 427. The summed E-state index contributed by atoms with van der Waals surface area (Å²) in [5.74, 6) is -0.807. The number of ether oxygens (including phenoxy) is 1. The quantitative estimate of drug-likeness (QED) is 0.891. The number of alkyl halides is 3. The molecule has 0 atom stereocenters.